The third-order valence-electron chi connectivity index (χ3n) is 3.62. The normalized spacial score (nSPS) is 27.0. The lowest BCUT2D eigenvalue weighted by Crippen LogP contribution is -2.41. The Morgan fingerprint density at radius 2 is 2.40 bits per heavy atom. The van der Waals surface area contributed by atoms with Crippen molar-refractivity contribution in [2.45, 2.75) is 24.7 Å². The molecule has 3 rings (SSSR count). The molecule has 1 fully saturated rings. The maximum absolute atomic E-state index is 11.8. The number of nitrogens with two attached hydrogens (primary N) is 1. The second-order valence-corrected chi connectivity index (χ2v) is 4.92. The third kappa shape index (κ3) is 2.07. The number of aliphatic hydroxyl groups is 2. The summed E-state index contributed by atoms with van der Waals surface area (Å²) in [7, 11) is 0. The Kier molecular flexibility index (Phi) is 3.20. The van der Waals surface area contributed by atoms with Crippen LogP contribution in [0.4, 0.5) is 5.95 Å². The minimum Gasteiger partial charge on any atom is -0.394 e. The highest BCUT2D eigenvalue weighted by molar-refractivity contribution is 5.76. The molecule has 8 heteroatoms. The first-order valence-corrected chi connectivity index (χ1v) is 6.37. The van der Waals surface area contributed by atoms with Crippen LogP contribution in [0.1, 0.15) is 12.5 Å². The van der Waals surface area contributed by atoms with Crippen LogP contribution in [0.3, 0.4) is 0 Å². The molecule has 3 heterocycles. The van der Waals surface area contributed by atoms with Gasteiger partial charge in [-0.3, -0.25) is 9.78 Å². The molecule has 0 aliphatic carbocycles. The van der Waals surface area contributed by atoms with Gasteiger partial charge in [-0.15, -0.1) is 0 Å². The predicted molar refractivity (Wildman–Crippen MR) is 71.3 cm³/mol. The summed E-state index contributed by atoms with van der Waals surface area (Å²) in [4.78, 5) is 18.3. The highest BCUT2D eigenvalue weighted by Gasteiger charge is 2.31. The standard InChI is InChI=1S/C12H16N4O4/c13-12-14-10-7(11(19)15-12)1-2-16(10)6-3-8(18)9(4-17)20-5-6/h1-2,6,8-9,17-18H,3-5H2,(H3,13,14,15,19)/t6-,8-,9+/m0/s1. The van der Waals surface area contributed by atoms with Gasteiger partial charge in [0.05, 0.1) is 30.7 Å². The molecule has 0 bridgehead atoms. The van der Waals surface area contributed by atoms with Gasteiger partial charge in [0.1, 0.15) is 11.8 Å². The Balaban J connectivity index is 1.97. The first-order valence-electron chi connectivity index (χ1n) is 6.37. The van der Waals surface area contributed by atoms with Crippen molar-refractivity contribution in [1.29, 1.82) is 0 Å². The average molecular weight is 280 g/mol. The summed E-state index contributed by atoms with van der Waals surface area (Å²) >= 11 is 0. The lowest BCUT2D eigenvalue weighted by atomic mass is 10.0. The fourth-order valence-electron chi connectivity index (χ4n) is 2.57. The van der Waals surface area contributed by atoms with Gasteiger partial charge in [-0.25, -0.2) is 0 Å². The SMILES string of the molecule is Nc1nc2c(ccn2[C@@H]2CO[C@H](CO)[C@@H](O)C2)c(=O)[nH]1. The van der Waals surface area contributed by atoms with Gasteiger partial charge >= 0.3 is 0 Å². The fourth-order valence-corrected chi connectivity index (χ4v) is 2.57. The van der Waals surface area contributed by atoms with Gasteiger partial charge in [0.2, 0.25) is 5.95 Å². The van der Waals surface area contributed by atoms with Crippen molar-refractivity contribution in [1.82, 2.24) is 14.5 Å². The van der Waals surface area contributed by atoms with Crippen molar-refractivity contribution in [2.75, 3.05) is 18.9 Å². The molecule has 5 N–H and O–H groups in total. The zero-order chi connectivity index (χ0) is 14.3. The Bertz CT molecular complexity index is 680. The minimum atomic E-state index is -0.754. The number of ether oxygens (including phenoxy) is 1. The minimum absolute atomic E-state index is 0.0490. The number of hydrogen-bond donors (Lipinski definition) is 4. The summed E-state index contributed by atoms with van der Waals surface area (Å²) in [5.74, 6) is 0.0490. The van der Waals surface area contributed by atoms with Gasteiger partial charge in [0.25, 0.3) is 5.56 Å². The molecule has 2 aromatic heterocycles. The van der Waals surface area contributed by atoms with Crippen molar-refractivity contribution in [3.63, 3.8) is 0 Å². The molecule has 1 aliphatic rings. The molecule has 8 nitrogen and oxygen atoms in total. The molecular weight excluding hydrogens is 264 g/mol. The van der Waals surface area contributed by atoms with Crippen LogP contribution in [0.25, 0.3) is 11.0 Å². The molecule has 0 amide bonds. The van der Waals surface area contributed by atoms with Crippen LogP contribution in [-0.4, -0.2) is 50.2 Å². The molecule has 108 valence electrons. The average Bonchev–Trinajstić information content (AvgIpc) is 2.82. The van der Waals surface area contributed by atoms with E-state index in [-0.39, 0.29) is 24.2 Å². The van der Waals surface area contributed by atoms with Crippen LogP contribution in [0.5, 0.6) is 0 Å². The van der Waals surface area contributed by atoms with Crippen LogP contribution < -0.4 is 11.3 Å². The Labute approximate surface area is 113 Å². The van der Waals surface area contributed by atoms with Gasteiger partial charge in [-0.2, -0.15) is 4.98 Å². The monoisotopic (exact) mass is 280 g/mol. The van der Waals surface area contributed by atoms with Gasteiger partial charge in [-0.1, -0.05) is 0 Å². The van der Waals surface area contributed by atoms with Crippen LogP contribution >= 0.6 is 0 Å². The molecule has 1 saturated heterocycles. The number of aromatic amines is 1. The smallest absolute Gasteiger partial charge is 0.261 e. The van der Waals surface area contributed by atoms with Crippen LogP contribution in [0.15, 0.2) is 17.1 Å². The lowest BCUT2D eigenvalue weighted by molar-refractivity contribution is -0.112. The number of nitrogen functional groups attached to an aromatic ring is 1. The fraction of sp³-hybridized carbons (Fsp3) is 0.500. The quantitative estimate of drug-likeness (QED) is 0.558. The van der Waals surface area contributed by atoms with E-state index in [0.29, 0.717) is 24.1 Å². The largest absolute Gasteiger partial charge is 0.394 e. The molecule has 0 radical (unpaired) electrons. The zero-order valence-corrected chi connectivity index (χ0v) is 10.7. The van der Waals surface area contributed by atoms with Gasteiger partial charge < -0.3 is 25.3 Å². The van der Waals surface area contributed by atoms with E-state index < -0.39 is 12.2 Å². The molecule has 20 heavy (non-hydrogen) atoms. The summed E-state index contributed by atoms with van der Waals surface area (Å²) in [5, 5.41) is 19.4. The summed E-state index contributed by atoms with van der Waals surface area (Å²) in [6, 6.07) is 1.50. The van der Waals surface area contributed by atoms with Gasteiger partial charge in [0.15, 0.2) is 0 Å². The summed E-state index contributed by atoms with van der Waals surface area (Å²) in [6.45, 7) is 0.117. The second-order valence-electron chi connectivity index (χ2n) is 4.92. The maximum Gasteiger partial charge on any atom is 0.261 e. The number of aromatic nitrogens is 3. The number of nitrogens with zero attached hydrogens (tertiary/aromatic N) is 2. The summed E-state index contributed by atoms with van der Waals surface area (Å²) < 4.78 is 7.19. The second kappa shape index (κ2) is 4.89. The molecule has 1 aliphatic heterocycles. The number of hydrogen-bond acceptors (Lipinski definition) is 6. The van der Waals surface area contributed by atoms with Gasteiger partial charge in [0, 0.05) is 6.20 Å². The number of rotatable bonds is 2. The van der Waals surface area contributed by atoms with E-state index in [0.717, 1.165) is 0 Å². The Morgan fingerprint density at radius 1 is 1.60 bits per heavy atom. The van der Waals surface area contributed by atoms with Crippen molar-refractivity contribution in [3.8, 4) is 0 Å². The van der Waals surface area contributed by atoms with E-state index >= 15 is 0 Å². The van der Waals surface area contributed by atoms with E-state index in [9.17, 15) is 9.90 Å². The molecule has 0 unspecified atom stereocenters. The topological polar surface area (TPSA) is 126 Å². The third-order valence-corrected chi connectivity index (χ3v) is 3.62. The molecule has 2 aromatic rings. The van der Waals surface area contributed by atoms with E-state index in [1.165, 1.54) is 0 Å². The first kappa shape index (κ1) is 13.1. The van der Waals surface area contributed by atoms with E-state index in [1.807, 2.05) is 0 Å². The predicted octanol–water partition coefficient (Wildman–Crippen LogP) is -1.01. The summed E-state index contributed by atoms with van der Waals surface area (Å²) in [5.41, 5.74) is 5.73. The molecule has 0 aromatic carbocycles. The molecule has 3 atom stereocenters. The molecule has 0 saturated carbocycles. The maximum atomic E-state index is 11.8. The van der Waals surface area contributed by atoms with Crippen molar-refractivity contribution in [2.24, 2.45) is 0 Å². The first-order chi connectivity index (χ1) is 9.60. The Hall–Kier alpha value is -1.90. The highest BCUT2D eigenvalue weighted by Crippen LogP contribution is 2.26. The van der Waals surface area contributed by atoms with Crippen molar-refractivity contribution < 1.29 is 14.9 Å². The van der Waals surface area contributed by atoms with Crippen LogP contribution in [-0.2, 0) is 4.74 Å². The number of nitrogens with one attached hydrogen (secondary N) is 1. The van der Waals surface area contributed by atoms with E-state index in [1.54, 1.807) is 16.8 Å². The molecular formula is C12H16N4O4. The summed E-state index contributed by atoms with van der Waals surface area (Å²) in [6.07, 6.45) is 0.834. The van der Waals surface area contributed by atoms with E-state index in [2.05, 4.69) is 9.97 Å². The number of aliphatic hydroxyl groups excluding tert-OH is 2. The lowest BCUT2D eigenvalue weighted by Gasteiger charge is -2.33. The van der Waals surface area contributed by atoms with Crippen LogP contribution in [0, 0.1) is 0 Å². The van der Waals surface area contributed by atoms with Crippen molar-refractivity contribution >= 4 is 17.0 Å². The highest BCUT2D eigenvalue weighted by atomic mass is 16.5. The zero-order valence-electron chi connectivity index (χ0n) is 10.7. The number of anilines is 1. The van der Waals surface area contributed by atoms with Crippen LogP contribution in [0.2, 0.25) is 0 Å². The Morgan fingerprint density at radius 3 is 3.10 bits per heavy atom. The van der Waals surface area contributed by atoms with Crippen molar-refractivity contribution in [3.05, 3.63) is 22.6 Å². The van der Waals surface area contributed by atoms with Gasteiger partial charge in [-0.05, 0) is 12.5 Å². The number of H-pyrrole nitrogens is 1. The number of fused-ring (bicyclic) bond motifs is 1. The molecule has 0 spiro atoms. The van der Waals surface area contributed by atoms with E-state index in [4.69, 9.17) is 15.6 Å².